The number of nitrogens with one attached hydrogen (secondary N) is 1. The largest absolute Gasteiger partial charge is 0.346 e. The Kier molecular flexibility index (Phi) is 1.59. The van der Waals surface area contributed by atoms with Gasteiger partial charge < -0.3 is 4.98 Å². The van der Waals surface area contributed by atoms with Gasteiger partial charge in [-0.3, -0.25) is 0 Å². The molecule has 3 nitrogen and oxygen atoms in total. The normalized spacial score (nSPS) is 10.4. The summed E-state index contributed by atoms with van der Waals surface area (Å²) in [5.74, 6) is 0. The SMILES string of the molecule is O=c1nc2c(Cl)ccccc-2[nH]1. The highest BCUT2D eigenvalue weighted by atomic mass is 35.5. The first-order valence-electron chi connectivity index (χ1n) is 3.42. The molecule has 1 heterocycles. The highest BCUT2D eigenvalue weighted by Crippen LogP contribution is 2.22. The van der Waals surface area contributed by atoms with Crippen molar-refractivity contribution in [2.75, 3.05) is 0 Å². The van der Waals surface area contributed by atoms with E-state index in [9.17, 15) is 4.79 Å². The van der Waals surface area contributed by atoms with E-state index in [-0.39, 0.29) is 5.69 Å². The molecule has 0 saturated carbocycles. The van der Waals surface area contributed by atoms with Crippen LogP contribution < -0.4 is 5.69 Å². The van der Waals surface area contributed by atoms with Gasteiger partial charge in [0.15, 0.2) is 0 Å². The highest BCUT2D eigenvalue weighted by molar-refractivity contribution is 6.32. The van der Waals surface area contributed by atoms with Gasteiger partial charge in [-0.15, -0.1) is 0 Å². The van der Waals surface area contributed by atoms with Crippen LogP contribution in [0, 0.1) is 0 Å². The van der Waals surface area contributed by atoms with Crippen LogP contribution in [0.1, 0.15) is 0 Å². The van der Waals surface area contributed by atoms with Crippen molar-refractivity contribution in [1.29, 1.82) is 0 Å². The number of H-pyrrole nitrogens is 1. The molecule has 1 aliphatic carbocycles. The smallest absolute Gasteiger partial charge is 0.304 e. The number of nitrogens with zero attached hydrogens (tertiary/aromatic N) is 1. The van der Waals surface area contributed by atoms with Crippen molar-refractivity contribution in [3.8, 4) is 11.4 Å². The zero-order valence-corrected chi connectivity index (χ0v) is 6.80. The maximum atomic E-state index is 10.8. The lowest BCUT2D eigenvalue weighted by atomic mass is 10.3. The second-order valence-electron chi connectivity index (χ2n) is 2.37. The van der Waals surface area contributed by atoms with Gasteiger partial charge in [-0.25, -0.2) is 4.79 Å². The van der Waals surface area contributed by atoms with E-state index in [1.54, 1.807) is 24.3 Å². The lowest BCUT2D eigenvalue weighted by Gasteiger charge is -1.88. The van der Waals surface area contributed by atoms with E-state index < -0.39 is 0 Å². The molecule has 0 unspecified atom stereocenters. The molecular weight excluding hydrogens is 176 g/mol. The average molecular weight is 181 g/mol. The van der Waals surface area contributed by atoms with Gasteiger partial charge in [0, 0.05) is 0 Å². The predicted octanol–water partition coefficient (Wildman–Crippen LogP) is 1.53. The Morgan fingerprint density at radius 3 is 2.92 bits per heavy atom. The highest BCUT2D eigenvalue weighted by Gasteiger charge is 2.08. The van der Waals surface area contributed by atoms with Crippen LogP contribution in [0.25, 0.3) is 11.4 Å². The number of aromatic nitrogens is 2. The van der Waals surface area contributed by atoms with Crippen molar-refractivity contribution in [2.45, 2.75) is 0 Å². The van der Waals surface area contributed by atoms with Gasteiger partial charge in [-0.05, 0) is 12.1 Å². The first kappa shape index (κ1) is 7.31. The molecule has 0 atom stereocenters. The van der Waals surface area contributed by atoms with E-state index in [2.05, 4.69) is 9.97 Å². The van der Waals surface area contributed by atoms with Crippen LogP contribution in [-0.4, -0.2) is 9.97 Å². The third kappa shape index (κ3) is 1.08. The fraction of sp³-hybridized carbons (Fsp3) is 0. The van der Waals surface area contributed by atoms with Crippen LogP contribution in [0.3, 0.4) is 0 Å². The summed E-state index contributed by atoms with van der Waals surface area (Å²) in [5, 5.41) is 0.480. The molecule has 4 heteroatoms. The van der Waals surface area contributed by atoms with E-state index in [4.69, 9.17) is 11.6 Å². The number of imidazole rings is 1. The Hall–Kier alpha value is -1.35. The third-order valence-corrected chi connectivity index (χ3v) is 1.86. The van der Waals surface area contributed by atoms with Gasteiger partial charge in [-0.2, -0.15) is 4.98 Å². The number of rotatable bonds is 0. The molecule has 0 saturated heterocycles. The monoisotopic (exact) mass is 180 g/mol. The molecule has 1 N–H and O–H groups in total. The Bertz CT molecular complexity index is 438. The van der Waals surface area contributed by atoms with E-state index in [0.29, 0.717) is 16.4 Å². The maximum absolute atomic E-state index is 10.8. The topological polar surface area (TPSA) is 45.8 Å². The lowest BCUT2D eigenvalue weighted by molar-refractivity contribution is 1.20. The Labute approximate surface area is 73.4 Å². The Morgan fingerprint density at radius 2 is 2.08 bits per heavy atom. The molecule has 0 spiro atoms. The van der Waals surface area contributed by atoms with E-state index in [1.165, 1.54) is 0 Å². The van der Waals surface area contributed by atoms with Gasteiger partial charge in [0.05, 0.1) is 10.7 Å². The fourth-order valence-corrected chi connectivity index (χ4v) is 1.25. The number of hydrogen-bond donors (Lipinski definition) is 1. The molecule has 12 heavy (non-hydrogen) atoms. The van der Waals surface area contributed by atoms with E-state index in [0.717, 1.165) is 0 Å². The molecule has 2 rings (SSSR count). The predicted molar refractivity (Wildman–Crippen MR) is 46.5 cm³/mol. The van der Waals surface area contributed by atoms with Gasteiger partial charge in [0.2, 0.25) is 0 Å². The lowest BCUT2D eigenvalue weighted by Crippen LogP contribution is -1.98. The molecule has 0 aromatic rings. The zero-order valence-electron chi connectivity index (χ0n) is 6.04. The van der Waals surface area contributed by atoms with Crippen molar-refractivity contribution < 1.29 is 0 Å². The molecule has 0 fully saturated rings. The molecule has 0 aromatic carbocycles. The van der Waals surface area contributed by atoms with Crippen LogP contribution in [0.5, 0.6) is 0 Å². The quantitative estimate of drug-likeness (QED) is 0.668. The fourth-order valence-electron chi connectivity index (χ4n) is 1.04. The van der Waals surface area contributed by atoms with Gasteiger partial charge >= 0.3 is 5.69 Å². The number of aromatic amines is 1. The molecule has 0 amide bonds. The molecule has 0 radical (unpaired) electrons. The molecular formula is C8H5ClN2O. The minimum absolute atomic E-state index is 0.363. The van der Waals surface area contributed by atoms with Crippen LogP contribution in [0.15, 0.2) is 29.1 Å². The second-order valence-corrected chi connectivity index (χ2v) is 2.78. The summed E-state index contributed by atoms with van der Waals surface area (Å²) in [6.07, 6.45) is 0. The van der Waals surface area contributed by atoms with Crippen molar-refractivity contribution in [1.82, 2.24) is 9.97 Å². The van der Waals surface area contributed by atoms with Crippen molar-refractivity contribution in [3.05, 3.63) is 39.8 Å². The van der Waals surface area contributed by atoms with Gasteiger partial charge in [-0.1, -0.05) is 23.7 Å². The van der Waals surface area contributed by atoms with E-state index in [1.807, 2.05) is 0 Å². The summed E-state index contributed by atoms with van der Waals surface area (Å²) in [6.45, 7) is 0. The minimum atomic E-state index is -0.363. The molecule has 60 valence electrons. The number of halogens is 1. The average Bonchev–Trinajstić information content (AvgIpc) is 2.33. The number of fused-ring (bicyclic) bond motifs is 1. The second kappa shape index (κ2) is 2.60. The van der Waals surface area contributed by atoms with Crippen LogP contribution >= 0.6 is 11.6 Å². The molecule has 1 aliphatic heterocycles. The van der Waals surface area contributed by atoms with Crippen LogP contribution in [0.4, 0.5) is 0 Å². The summed E-state index contributed by atoms with van der Waals surface area (Å²) in [6, 6.07) is 7.05. The van der Waals surface area contributed by atoms with E-state index >= 15 is 0 Å². The molecule has 0 aromatic heterocycles. The zero-order chi connectivity index (χ0) is 8.55. The van der Waals surface area contributed by atoms with Gasteiger partial charge in [0.25, 0.3) is 0 Å². The first-order valence-corrected chi connectivity index (χ1v) is 3.80. The summed E-state index contributed by atoms with van der Waals surface area (Å²) in [5.41, 5.74) is 0.819. The van der Waals surface area contributed by atoms with Crippen molar-refractivity contribution in [2.24, 2.45) is 0 Å². The van der Waals surface area contributed by atoms with Crippen LogP contribution in [0.2, 0.25) is 5.02 Å². The van der Waals surface area contributed by atoms with Crippen molar-refractivity contribution >= 4 is 11.6 Å². The Morgan fingerprint density at radius 1 is 1.33 bits per heavy atom. The minimum Gasteiger partial charge on any atom is -0.304 e. The summed E-state index contributed by atoms with van der Waals surface area (Å²) >= 11 is 5.83. The summed E-state index contributed by atoms with van der Waals surface area (Å²) in [7, 11) is 0. The Balaban J connectivity index is 2.87. The summed E-state index contributed by atoms with van der Waals surface area (Å²) in [4.78, 5) is 17.1. The first-order chi connectivity index (χ1) is 5.77. The van der Waals surface area contributed by atoms with Gasteiger partial charge in [0.1, 0.15) is 5.69 Å². The summed E-state index contributed by atoms with van der Waals surface area (Å²) < 4.78 is 0. The number of hydrogen-bond acceptors (Lipinski definition) is 2. The van der Waals surface area contributed by atoms with Crippen molar-refractivity contribution in [3.63, 3.8) is 0 Å². The third-order valence-electron chi connectivity index (χ3n) is 1.55. The maximum Gasteiger partial charge on any atom is 0.346 e. The van der Waals surface area contributed by atoms with Crippen LogP contribution in [-0.2, 0) is 0 Å². The standard InChI is InChI=1S/C8H5ClN2O/c9-5-3-1-2-4-6-7(5)11-8(12)10-6/h1-4H,(H,10,11,12). The molecule has 2 aliphatic rings. The molecule has 0 bridgehead atoms.